The topological polar surface area (TPSA) is 85.2 Å². The van der Waals surface area contributed by atoms with E-state index in [0.29, 0.717) is 5.56 Å². The number of hydrogen-bond donors (Lipinski definition) is 1. The fourth-order valence-electron chi connectivity index (χ4n) is 3.23. The van der Waals surface area contributed by atoms with Crippen LogP contribution in [0.5, 0.6) is 0 Å². The van der Waals surface area contributed by atoms with Crippen molar-refractivity contribution in [3.05, 3.63) is 59.5 Å². The standard InChI is InChI=1S/C20H15F5N4O2/c21-19(22)9-29(10-19)18(30)12-3-1-11(2-4-12)13-5-6-14(15(7-13)20(23,24)25)17-28-27-16(8-26)31-17/h1-7H,8-10,26H2. The van der Waals surface area contributed by atoms with Gasteiger partial charge in [0.1, 0.15) is 0 Å². The van der Waals surface area contributed by atoms with Gasteiger partial charge in [-0.2, -0.15) is 13.2 Å². The molecule has 2 heterocycles. The summed E-state index contributed by atoms with van der Waals surface area (Å²) in [6.45, 7) is -1.40. The van der Waals surface area contributed by atoms with Gasteiger partial charge in [-0.15, -0.1) is 10.2 Å². The van der Waals surface area contributed by atoms with Crippen LogP contribution in [0.25, 0.3) is 22.6 Å². The van der Waals surface area contributed by atoms with Gasteiger partial charge < -0.3 is 15.1 Å². The molecule has 0 radical (unpaired) electrons. The number of hydrogen-bond acceptors (Lipinski definition) is 5. The Bertz CT molecular complexity index is 1120. The quantitative estimate of drug-likeness (QED) is 0.623. The molecule has 1 aliphatic heterocycles. The van der Waals surface area contributed by atoms with Crippen LogP contribution >= 0.6 is 0 Å². The Morgan fingerprint density at radius 1 is 1.06 bits per heavy atom. The first-order valence-electron chi connectivity index (χ1n) is 9.09. The number of carbonyl (C=O) groups is 1. The van der Waals surface area contributed by atoms with E-state index < -0.39 is 36.7 Å². The Morgan fingerprint density at radius 2 is 1.71 bits per heavy atom. The van der Waals surface area contributed by atoms with Crippen molar-refractivity contribution in [2.45, 2.75) is 18.6 Å². The summed E-state index contributed by atoms with van der Waals surface area (Å²) in [4.78, 5) is 13.2. The largest absolute Gasteiger partial charge is 0.419 e. The van der Waals surface area contributed by atoms with Crippen LogP contribution in [0.4, 0.5) is 22.0 Å². The van der Waals surface area contributed by atoms with E-state index in [9.17, 15) is 26.7 Å². The van der Waals surface area contributed by atoms with E-state index in [1.165, 1.54) is 36.4 Å². The molecule has 162 valence electrons. The maximum Gasteiger partial charge on any atom is 0.417 e. The van der Waals surface area contributed by atoms with Gasteiger partial charge in [0, 0.05) is 5.56 Å². The zero-order valence-corrected chi connectivity index (χ0v) is 15.8. The minimum absolute atomic E-state index is 0.00687. The number of rotatable bonds is 4. The normalized spacial score (nSPS) is 15.6. The van der Waals surface area contributed by atoms with Gasteiger partial charge in [-0.25, -0.2) is 8.78 Å². The van der Waals surface area contributed by atoms with Gasteiger partial charge in [-0.05, 0) is 35.4 Å². The lowest BCUT2D eigenvalue weighted by Crippen LogP contribution is -2.58. The lowest BCUT2D eigenvalue weighted by atomic mass is 9.97. The minimum Gasteiger partial charge on any atom is -0.419 e. The summed E-state index contributed by atoms with van der Waals surface area (Å²) in [6.07, 6.45) is -4.69. The second-order valence-corrected chi connectivity index (χ2v) is 7.06. The van der Waals surface area contributed by atoms with Crippen molar-refractivity contribution in [3.63, 3.8) is 0 Å². The van der Waals surface area contributed by atoms with Gasteiger partial charge in [0.25, 0.3) is 11.8 Å². The lowest BCUT2D eigenvalue weighted by molar-refractivity contribution is -0.137. The molecule has 1 fully saturated rings. The summed E-state index contributed by atoms with van der Waals surface area (Å²) in [5.41, 5.74) is 4.93. The molecule has 0 atom stereocenters. The van der Waals surface area contributed by atoms with Crippen molar-refractivity contribution in [2.75, 3.05) is 13.1 Å². The molecule has 3 aromatic rings. The Balaban J connectivity index is 1.63. The fraction of sp³-hybridized carbons (Fsp3) is 0.250. The SMILES string of the molecule is NCc1nnc(-c2ccc(-c3ccc(C(=O)N4CC(F)(F)C4)cc3)cc2C(F)(F)F)o1. The smallest absolute Gasteiger partial charge is 0.417 e. The van der Waals surface area contributed by atoms with E-state index in [1.807, 2.05) is 0 Å². The highest BCUT2D eigenvalue weighted by Gasteiger charge is 2.46. The van der Waals surface area contributed by atoms with Crippen molar-refractivity contribution >= 4 is 5.91 Å². The van der Waals surface area contributed by atoms with Crippen molar-refractivity contribution in [1.29, 1.82) is 0 Å². The highest BCUT2D eigenvalue weighted by molar-refractivity contribution is 5.95. The molecule has 1 amide bonds. The molecular weight excluding hydrogens is 423 g/mol. The van der Waals surface area contributed by atoms with Gasteiger partial charge in [-0.1, -0.05) is 18.2 Å². The number of nitrogens with zero attached hydrogens (tertiary/aromatic N) is 3. The Hall–Kier alpha value is -3.34. The van der Waals surface area contributed by atoms with Crippen LogP contribution in [-0.2, 0) is 12.7 Å². The minimum atomic E-state index is -4.69. The van der Waals surface area contributed by atoms with E-state index in [1.54, 1.807) is 0 Å². The predicted molar refractivity (Wildman–Crippen MR) is 98.9 cm³/mol. The second kappa shape index (κ2) is 7.41. The third-order valence-corrected chi connectivity index (χ3v) is 4.79. The maximum atomic E-state index is 13.7. The number of alkyl halides is 5. The van der Waals surface area contributed by atoms with E-state index in [4.69, 9.17) is 10.2 Å². The predicted octanol–water partition coefficient (Wildman–Crippen LogP) is 3.97. The third kappa shape index (κ3) is 4.13. The first kappa shape index (κ1) is 20.9. The monoisotopic (exact) mass is 438 g/mol. The number of benzene rings is 2. The molecule has 1 saturated heterocycles. The van der Waals surface area contributed by atoms with Crippen LogP contribution in [0.3, 0.4) is 0 Å². The lowest BCUT2D eigenvalue weighted by Gasteiger charge is -2.38. The Kier molecular flexibility index (Phi) is 5.00. The number of nitrogens with two attached hydrogens (primary N) is 1. The van der Waals surface area contributed by atoms with Crippen LogP contribution in [0.15, 0.2) is 46.9 Å². The summed E-state index contributed by atoms with van der Waals surface area (Å²) >= 11 is 0. The number of amides is 1. The molecule has 6 nitrogen and oxygen atoms in total. The first-order valence-corrected chi connectivity index (χ1v) is 9.09. The molecule has 2 N–H and O–H groups in total. The van der Waals surface area contributed by atoms with E-state index in [2.05, 4.69) is 10.2 Å². The fourth-order valence-corrected chi connectivity index (χ4v) is 3.23. The van der Waals surface area contributed by atoms with Crippen LogP contribution in [-0.4, -0.2) is 40.0 Å². The van der Waals surface area contributed by atoms with Gasteiger partial charge >= 0.3 is 6.18 Å². The molecule has 0 saturated carbocycles. The van der Waals surface area contributed by atoms with Crippen LogP contribution in [0.1, 0.15) is 21.8 Å². The molecule has 11 heteroatoms. The van der Waals surface area contributed by atoms with Crippen molar-refractivity contribution in [3.8, 4) is 22.6 Å². The Labute approximate surface area is 172 Å². The molecule has 0 unspecified atom stereocenters. The van der Waals surface area contributed by atoms with Gasteiger partial charge in [0.05, 0.1) is 30.8 Å². The third-order valence-electron chi connectivity index (χ3n) is 4.79. The average molecular weight is 438 g/mol. The second-order valence-electron chi connectivity index (χ2n) is 7.06. The van der Waals surface area contributed by atoms with Gasteiger partial charge in [-0.3, -0.25) is 4.79 Å². The van der Waals surface area contributed by atoms with Crippen LogP contribution in [0.2, 0.25) is 0 Å². The van der Waals surface area contributed by atoms with Crippen molar-refractivity contribution < 1.29 is 31.2 Å². The number of aromatic nitrogens is 2. The summed E-state index contributed by atoms with van der Waals surface area (Å²) in [7, 11) is 0. The molecule has 0 spiro atoms. The van der Waals surface area contributed by atoms with Crippen molar-refractivity contribution in [1.82, 2.24) is 15.1 Å². The molecule has 31 heavy (non-hydrogen) atoms. The summed E-state index contributed by atoms with van der Waals surface area (Å²) in [6, 6.07) is 9.30. The van der Waals surface area contributed by atoms with Gasteiger partial charge in [0.15, 0.2) is 0 Å². The molecule has 1 aliphatic rings. The van der Waals surface area contributed by atoms with E-state index in [0.717, 1.165) is 11.0 Å². The molecule has 1 aromatic heterocycles. The summed E-state index contributed by atoms with van der Waals surface area (Å²) < 4.78 is 72.0. The molecule has 4 rings (SSSR count). The van der Waals surface area contributed by atoms with Crippen LogP contribution < -0.4 is 5.73 Å². The number of carbonyl (C=O) groups excluding carboxylic acids is 1. The van der Waals surface area contributed by atoms with E-state index in [-0.39, 0.29) is 35.0 Å². The zero-order valence-electron chi connectivity index (χ0n) is 15.8. The van der Waals surface area contributed by atoms with Gasteiger partial charge in [0.2, 0.25) is 11.8 Å². The van der Waals surface area contributed by atoms with Crippen molar-refractivity contribution in [2.24, 2.45) is 5.73 Å². The first-order chi connectivity index (χ1) is 14.6. The zero-order chi connectivity index (χ0) is 22.4. The average Bonchev–Trinajstić information content (AvgIpc) is 3.19. The number of halogens is 5. The van der Waals surface area contributed by atoms with E-state index >= 15 is 0 Å². The highest BCUT2D eigenvalue weighted by Crippen LogP contribution is 2.39. The maximum absolute atomic E-state index is 13.7. The molecular formula is C20H15F5N4O2. The molecule has 0 aliphatic carbocycles. The number of likely N-dealkylation sites (tertiary alicyclic amines) is 1. The van der Waals surface area contributed by atoms with Crippen LogP contribution in [0, 0.1) is 0 Å². The molecule has 0 bridgehead atoms. The highest BCUT2D eigenvalue weighted by atomic mass is 19.4. The summed E-state index contributed by atoms with van der Waals surface area (Å²) in [5.74, 6) is -3.73. The summed E-state index contributed by atoms with van der Waals surface area (Å²) in [5, 5.41) is 7.20. The molecule has 2 aromatic carbocycles. The Morgan fingerprint density at radius 3 is 2.26 bits per heavy atom.